The average molecular weight is 408 g/mol. The molecule has 2 amide bonds. The van der Waals surface area contributed by atoms with Crippen LogP contribution in [0.4, 0.5) is 0 Å². The van der Waals surface area contributed by atoms with Gasteiger partial charge in [-0.05, 0) is 31.0 Å². The van der Waals surface area contributed by atoms with E-state index in [9.17, 15) is 19.5 Å². The van der Waals surface area contributed by atoms with Crippen molar-refractivity contribution < 1.29 is 24.2 Å². The number of phenolic OH excluding ortho intramolecular Hbond substituents is 1. The minimum absolute atomic E-state index is 0.0431. The summed E-state index contributed by atoms with van der Waals surface area (Å²) >= 11 is 0. The number of amides is 2. The standard InChI is InChI=1S/C23H24N2O5/c1-14-17(9-6-10-19(14)26)22(28)24-12-16-11-18(23(29)30-2)21(25(16)20(27)13-24)15-7-4-3-5-8-15/h3-10,16,18,21,26H,11-13H2,1-2H3/t16-,18-,21-/m0/s1. The molecule has 7 heteroatoms. The molecule has 2 aromatic carbocycles. The first kappa shape index (κ1) is 19.9. The number of hydrogen-bond acceptors (Lipinski definition) is 5. The van der Waals surface area contributed by atoms with Crippen LogP contribution in [0.5, 0.6) is 5.75 Å². The van der Waals surface area contributed by atoms with Crippen LogP contribution in [0.1, 0.15) is 33.9 Å². The second-order valence-electron chi connectivity index (χ2n) is 7.81. The molecular formula is C23H24N2O5. The molecule has 4 rings (SSSR count). The van der Waals surface area contributed by atoms with Gasteiger partial charge in [0.25, 0.3) is 5.91 Å². The van der Waals surface area contributed by atoms with E-state index in [0.717, 1.165) is 5.56 Å². The lowest BCUT2D eigenvalue weighted by Crippen LogP contribution is -2.56. The summed E-state index contributed by atoms with van der Waals surface area (Å²) < 4.78 is 5.01. The van der Waals surface area contributed by atoms with Crippen LogP contribution in [0.3, 0.4) is 0 Å². The summed E-state index contributed by atoms with van der Waals surface area (Å²) in [7, 11) is 1.35. The molecule has 156 valence electrons. The lowest BCUT2D eigenvalue weighted by atomic mass is 9.93. The van der Waals surface area contributed by atoms with Crippen molar-refractivity contribution in [3.8, 4) is 5.75 Å². The van der Waals surface area contributed by atoms with Crippen molar-refractivity contribution in [2.24, 2.45) is 5.92 Å². The Morgan fingerprint density at radius 1 is 1.10 bits per heavy atom. The number of nitrogens with zero attached hydrogens (tertiary/aromatic N) is 2. The Kier molecular flexibility index (Phi) is 5.20. The van der Waals surface area contributed by atoms with E-state index in [0.29, 0.717) is 24.1 Å². The number of ether oxygens (including phenoxy) is 1. The molecule has 2 saturated heterocycles. The van der Waals surface area contributed by atoms with E-state index in [1.54, 1.807) is 24.0 Å². The van der Waals surface area contributed by atoms with E-state index >= 15 is 0 Å². The van der Waals surface area contributed by atoms with E-state index in [4.69, 9.17) is 4.74 Å². The average Bonchev–Trinajstić information content (AvgIpc) is 3.15. The van der Waals surface area contributed by atoms with Crippen LogP contribution in [0, 0.1) is 12.8 Å². The maximum Gasteiger partial charge on any atom is 0.311 e. The summed E-state index contributed by atoms with van der Waals surface area (Å²) in [6.07, 6.45) is 0.431. The summed E-state index contributed by atoms with van der Waals surface area (Å²) in [5, 5.41) is 9.94. The Bertz CT molecular complexity index is 990. The van der Waals surface area contributed by atoms with Gasteiger partial charge in [0.15, 0.2) is 0 Å². The van der Waals surface area contributed by atoms with Gasteiger partial charge < -0.3 is 19.6 Å². The first-order chi connectivity index (χ1) is 14.4. The number of carbonyl (C=O) groups excluding carboxylic acids is 3. The topological polar surface area (TPSA) is 87.1 Å². The number of aromatic hydroxyl groups is 1. The first-order valence-corrected chi connectivity index (χ1v) is 9.94. The van der Waals surface area contributed by atoms with Gasteiger partial charge in [-0.1, -0.05) is 36.4 Å². The lowest BCUT2D eigenvalue weighted by molar-refractivity contribution is -0.147. The SMILES string of the molecule is COC(=O)[C@H]1C[C@H]2CN(C(=O)c3cccc(O)c3C)CC(=O)N2[C@H]1c1ccccc1. The Balaban J connectivity index is 1.64. The molecule has 2 aliphatic rings. The van der Waals surface area contributed by atoms with Gasteiger partial charge in [0.1, 0.15) is 12.3 Å². The second-order valence-corrected chi connectivity index (χ2v) is 7.81. The summed E-state index contributed by atoms with van der Waals surface area (Å²) in [5.41, 5.74) is 1.74. The van der Waals surface area contributed by atoms with Crippen molar-refractivity contribution >= 4 is 17.8 Å². The number of fused-ring (bicyclic) bond motifs is 1. The van der Waals surface area contributed by atoms with Gasteiger partial charge in [-0.2, -0.15) is 0 Å². The van der Waals surface area contributed by atoms with E-state index < -0.39 is 12.0 Å². The highest BCUT2D eigenvalue weighted by Gasteiger charge is 2.51. The maximum absolute atomic E-state index is 13.1. The van der Waals surface area contributed by atoms with E-state index in [1.807, 2.05) is 30.3 Å². The maximum atomic E-state index is 13.1. The fraction of sp³-hybridized carbons (Fsp3) is 0.348. The molecule has 0 saturated carbocycles. The van der Waals surface area contributed by atoms with Gasteiger partial charge in [0.05, 0.1) is 25.1 Å². The van der Waals surface area contributed by atoms with Gasteiger partial charge >= 0.3 is 5.97 Å². The highest BCUT2D eigenvalue weighted by Crippen LogP contribution is 2.43. The van der Waals surface area contributed by atoms with Crippen LogP contribution >= 0.6 is 0 Å². The fourth-order valence-corrected chi connectivity index (χ4v) is 4.64. The Hall–Kier alpha value is -3.35. The smallest absolute Gasteiger partial charge is 0.311 e. The van der Waals surface area contributed by atoms with Gasteiger partial charge in [-0.3, -0.25) is 14.4 Å². The first-order valence-electron chi connectivity index (χ1n) is 9.94. The number of hydrogen-bond donors (Lipinski definition) is 1. The van der Waals surface area contributed by atoms with Crippen LogP contribution in [0.2, 0.25) is 0 Å². The molecule has 30 heavy (non-hydrogen) atoms. The summed E-state index contributed by atoms with van der Waals surface area (Å²) in [4.78, 5) is 42.0. The van der Waals surface area contributed by atoms with Crippen molar-refractivity contribution in [1.29, 1.82) is 0 Å². The molecule has 0 aliphatic carbocycles. The zero-order valence-electron chi connectivity index (χ0n) is 16.9. The molecule has 0 radical (unpaired) electrons. The van der Waals surface area contributed by atoms with Crippen LogP contribution in [-0.2, 0) is 14.3 Å². The quantitative estimate of drug-likeness (QED) is 0.788. The van der Waals surface area contributed by atoms with Crippen molar-refractivity contribution in [1.82, 2.24) is 9.80 Å². The van der Waals surface area contributed by atoms with E-state index in [2.05, 4.69) is 0 Å². The number of carbonyl (C=O) groups is 3. The Morgan fingerprint density at radius 2 is 1.83 bits per heavy atom. The third-order valence-corrected chi connectivity index (χ3v) is 6.11. The fourth-order valence-electron chi connectivity index (χ4n) is 4.64. The minimum atomic E-state index is -0.482. The molecule has 0 spiro atoms. The monoisotopic (exact) mass is 408 g/mol. The molecule has 0 unspecified atom stereocenters. The molecule has 3 atom stereocenters. The third-order valence-electron chi connectivity index (χ3n) is 6.11. The zero-order valence-corrected chi connectivity index (χ0v) is 16.9. The summed E-state index contributed by atoms with van der Waals surface area (Å²) in [6, 6.07) is 13.6. The van der Waals surface area contributed by atoms with Crippen molar-refractivity contribution in [2.75, 3.05) is 20.2 Å². The predicted molar refractivity (Wildman–Crippen MR) is 109 cm³/mol. The normalized spacial score (nSPS) is 23.3. The molecule has 0 bridgehead atoms. The molecule has 2 fully saturated rings. The summed E-state index contributed by atoms with van der Waals surface area (Å²) in [5.74, 6) is -1.29. The summed E-state index contributed by atoms with van der Waals surface area (Å²) in [6.45, 7) is 1.94. The molecule has 2 heterocycles. The van der Waals surface area contributed by atoms with Gasteiger partial charge in [0, 0.05) is 17.7 Å². The van der Waals surface area contributed by atoms with Crippen LogP contribution < -0.4 is 0 Å². The Morgan fingerprint density at radius 3 is 2.53 bits per heavy atom. The number of rotatable bonds is 3. The Labute approximate surface area is 174 Å². The molecule has 2 aliphatic heterocycles. The molecule has 2 aromatic rings. The zero-order chi connectivity index (χ0) is 21.4. The number of benzene rings is 2. The van der Waals surface area contributed by atoms with E-state index in [-0.39, 0.29) is 36.1 Å². The van der Waals surface area contributed by atoms with Gasteiger partial charge in [-0.25, -0.2) is 0 Å². The van der Waals surface area contributed by atoms with Crippen LogP contribution in [0.15, 0.2) is 48.5 Å². The second kappa shape index (κ2) is 7.82. The van der Waals surface area contributed by atoms with E-state index in [1.165, 1.54) is 18.1 Å². The van der Waals surface area contributed by atoms with Gasteiger partial charge in [0.2, 0.25) is 5.91 Å². The number of piperazine rings is 1. The molecule has 7 nitrogen and oxygen atoms in total. The van der Waals surface area contributed by atoms with Gasteiger partial charge in [-0.15, -0.1) is 0 Å². The van der Waals surface area contributed by atoms with Crippen molar-refractivity contribution in [3.63, 3.8) is 0 Å². The number of esters is 1. The predicted octanol–water partition coefficient (Wildman–Crippen LogP) is 2.29. The molecule has 1 N–H and O–H groups in total. The highest BCUT2D eigenvalue weighted by atomic mass is 16.5. The van der Waals surface area contributed by atoms with Crippen LogP contribution in [-0.4, -0.2) is 58.9 Å². The number of methoxy groups -OCH3 is 1. The molecular weight excluding hydrogens is 384 g/mol. The minimum Gasteiger partial charge on any atom is -0.508 e. The van der Waals surface area contributed by atoms with Crippen molar-refractivity contribution in [3.05, 3.63) is 65.2 Å². The van der Waals surface area contributed by atoms with Crippen molar-refractivity contribution in [2.45, 2.75) is 25.4 Å². The number of phenols is 1. The third kappa shape index (κ3) is 3.30. The van der Waals surface area contributed by atoms with Crippen LogP contribution in [0.25, 0.3) is 0 Å². The lowest BCUT2D eigenvalue weighted by Gasteiger charge is -2.40. The largest absolute Gasteiger partial charge is 0.508 e. The molecule has 0 aromatic heterocycles. The highest BCUT2D eigenvalue weighted by molar-refractivity contribution is 5.99.